The molecule has 1 heterocycles. The van der Waals surface area contributed by atoms with E-state index >= 15 is 0 Å². The van der Waals surface area contributed by atoms with Crippen molar-refractivity contribution in [2.45, 2.75) is 6.10 Å². The fourth-order valence-electron chi connectivity index (χ4n) is 1.58. The van der Waals surface area contributed by atoms with E-state index in [1.807, 2.05) is 0 Å². The van der Waals surface area contributed by atoms with E-state index in [9.17, 15) is 4.79 Å². The maximum absolute atomic E-state index is 10.9. The van der Waals surface area contributed by atoms with Crippen molar-refractivity contribution in [1.82, 2.24) is 0 Å². The zero-order chi connectivity index (χ0) is 13.0. The van der Waals surface area contributed by atoms with Crippen LogP contribution in [0.5, 0.6) is 5.75 Å². The van der Waals surface area contributed by atoms with Crippen LogP contribution in [0.4, 0.5) is 0 Å². The Labute approximate surface area is 113 Å². The van der Waals surface area contributed by atoms with Crippen LogP contribution in [0.1, 0.15) is 10.4 Å². The van der Waals surface area contributed by atoms with Crippen LogP contribution in [0, 0.1) is 0 Å². The third-order valence-corrected chi connectivity index (χ3v) is 3.18. The van der Waals surface area contributed by atoms with Gasteiger partial charge in [0.25, 0.3) is 0 Å². The van der Waals surface area contributed by atoms with E-state index in [2.05, 4.69) is 15.9 Å². The molecule has 2 rings (SSSR count). The average molecular weight is 317 g/mol. The van der Waals surface area contributed by atoms with Crippen LogP contribution >= 0.6 is 15.9 Å². The van der Waals surface area contributed by atoms with Gasteiger partial charge in [0, 0.05) is 4.47 Å². The number of ether oxygens (including phenoxy) is 3. The van der Waals surface area contributed by atoms with Crippen LogP contribution in [-0.2, 0) is 9.47 Å². The Morgan fingerprint density at radius 3 is 3.00 bits per heavy atom. The van der Waals surface area contributed by atoms with Crippen molar-refractivity contribution < 1.29 is 24.1 Å². The standard InChI is InChI=1S/C12H13BrO5/c13-11-2-1-8(5-10(11)12(14)15)18-7-9-6-16-3-4-17-9/h1-2,5,9H,3-4,6-7H2,(H,14,15)/t9-/m1/s1. The van der Waals surface area contributed by atoms with Gasteiger partial charge >= 0.3 is 5.97 Å². The summed E-state index contributed by atoms with van der Waals surface area (Å²) < 4.78 is 16.7. The highest BCUT2D eigenvalue weighted by atomic mass is 79.9. The van der Waals surface area contributed by atoms with E-state index in [1.165, 1.54) is 6.07 Å². The molecule has 0 spiro atoms. The number of carbonyl (C=O) groups is 1. The third kappa shape index (κ3) is 3.44. The van der Waals surface area contributed by atoms with Gasteiger partial charge < -0.3 is 19.3 Å². The van der Waals surface area contributed by atoms with Crippen LogP contribution < -0.4 is 4.74 Å². The quantitative estimate of drug-likeness (QED) is 0.919. The summed E-state index contributed by atoms with van der Waals surface area (Å²) >= 11 is 3.18. The Kier molecular flexibility index (Phi) is 4.57. The summed E-state index contributed by atoms with van der Waals surface area (Å²) in [5, 5.41) is 8.98. The molecule has 1 fully saturated rings. The van der Waals surface area contributed by atoms with Gasteiger partial charge in [0.15, 0.2) is 0 Å². The molecule has 1 saturated heterocycles. The Balaban J connectivity index is 1.96. The predicted octanol–water partition coefficient (Wildman–Crippen LogP) is 1.94. The molecule has 0 aliphatic carbocycles. The van der Waals surface area contributed by atoms with Gasteiger partial charge in [-0.25, -0.2) is 4.79 Å². The third-order valence-electron chi connectivity index (χ3n) is 2.49. The summed E-state index contributed by atoms with van der Waals surface area (Å²) in [6.45, 7) is 2.02. The molecule has 0 aromatic heterocycles. The highest BCUT2D eigenvalue weighted by molar-refractivity contribution is 9.10. The summed E-state index contributed by atoms with van der Waals surface area (Å²) in [7, 11) is 0. The number of carboxylic acid groups (broad SMARTS) is 1. The highest BCUT2D eigenvalue weighted by Gasteiger charge is 2.16. The summed E-state index contributed by atoms with van der Waals surface area (Å²) in [6.07, 6.45) is -0.101. The smallest absolute Gasteiger partial charge is 0.336 e. The predicted molar refractivity (Wildman–Crippen MR) is 67.2 cm³/mol. The molecule has 1 aromatic rings. The minimum atomic E-state index is -0.996. The van der Waals surface area contributed by atoms with Gasteiger partial charge in [0.05, 0.1) is 25.4 Å². The van der Waals surface area contributed by atoms with E-state index in [1.54, 1.807) is 12.1 Å². The molecular formula is C12H13BrO5. The molecule has 0 saturated carbocycles. The molecule has 0 unspecified atom stereocenters. The summed E-state index contributed by atoms with van der Waals surface area (Å²) in [4.78, 5) is 10.9. The lowest BCUT2D eigenvalue weighted by atomic mass is 10.2. The number of aromatic carboxylic acids is 1. The van der Waals surface area contributed by atoms with Gasteiger partial charge in [-0.2, -0.15) is 0 Å². The largest absolute Gasteiger partial charge is 0.491 e. The lowest BCUT2D eigenvalue weighted by Crippen LogP contribution is -2.33. The number of halogens is 1. The van der Waals surface area contributed by atoms with Gasteiger partial charge in [-0.05, 0) is 34.1 Å². The van der Waals surface area contributed by atoms with Crippen LogP contribution in [0.2, 0.25) is 0 Å². The maximum atomic E-state index is 10.9. The molecular weight excluding hydrogens is 304 g/mol. The van der Waals surface area contributed by atoms with E-state index < -0.39 is 5.97 Å². The molecule has 1 aliphatic rings. The fourth-order valence-corrected chi connectivity index (χ4v) is 2.00. The van der Waals surface area contributed by atoms with Crippen molar-refractivity contribution in [1.29, 1.82) is 0 Å². The molecule has 98 valence electrons. The molecule has 0 radical (unpaired) electrons. The van der Waals surface area contributed by atoms with E-state index in [-0.39, 0.29) is 11.7 Å². The summed E-state index contributed by atoms with van der Waals surface area (Å²) in [5.74, 6) is -0.491. The Morgan fingerprint density at radius 1 is 1.50 bits per heavy atom. The normalized spacial score (nSPS) is 19.5. The number of carboxylic acids is 1. The molecule has 6 heteroatoms. The number of benzene rings is 1. The fraction of sp³-hybridized carbons (Fsp3) is 0.417. The van der Waals surface area contributed by atoms with E-state index in [4.69, 9.17) is 19.3 Å². The van der Waals surface area contributed by atoms with Gasteiger partial charge in [-0.1, -0.05) is 0 Å². The van der Waals surface area contributed by atoms with Crippen molar-refractivity contribution in [2.75, 3.05) is 26.4 Å². The molecule has 1 aromatic carbocycles. The molecule has 5 nitrogen and oxygen atoms in total. The van der Waals surface area contributed by atoms with Crippen molar-refractivity contribution in [3.63, 3.8) is 0 Å². The average Bonchev–Trinajstić information content (AvgIpc) is 2.38. The second kappa shape index (κ2) is 6.17. The van der Waals surface area contributed by atoms with Crippen molar-refractivity contribution in [3.8, 4) is 5.75 Å². The van der Waals surface area contributed by atoms with Gasteiger partial charge in [0.1, 0.15) is 18.5 Å². The molecule has 0 amide bonds. The van der Waals surface area contributed by atoms with Crippen LogP contribution in [-0.4, -0.2) is 43.6 Å². The lowest BCUT2D eigenvalue weighted by Gasteiger charge is -2.23. The maximum Gasteiger partial charge on any atom is 0.336 e. The van der Waals surface area contributed by atoms with Crippen LogP contribution in [0.15, 0.2) is 22.7 Å². The van der Waals surface area contributed by atoms with E-state index in [0.29, 0.717) is 36.6 Å². The Bertz CT molecular complexity index is 428. The minimum absolute atomic E-state index is 0.101. The first kappa shape index (κ1) is 13.3. The van der Waals surface area contributed by atoms with Crippen LogP contribution in [0.3, 0.4) is 0 Å². The van der Waals surface area contributed by atoms with Gasteiger partial charge in [0.2, 0.25) is 0 Å². The van der Waals surface area contributed by atoms with Crippen molar-refractivity contribution >= 4 is 21.9 Å². The van der Waals surface area contributed by atoms with Crippen LogP contribution in [0.25, 0.3) is 0 Å². The van der Waals surface area contributed by atoms with Gasteiger partial charge in [-0.15, -0.1) is 0 Å². The first-order valence-corrected chi connectivity index (χ1v) is 6.31. The van der Waals surface area contributed by atoms with Crippen molar-refractivity contribution in [3.05, 3.63) is 28.2 Å². The molecule has 1 atom stereocenters. The second-order valence-corrected chi connectivity index (χ2v) is 4.68. The topological polar surface area (TPSA) is 65.0 Å². The Morgan fingerprint density at radius 2 is 2.33 bits per heavy atom. The number of hydrogen-bond acceptors (Lipinski definition) is 4. The zero-order valence-electron chi connectivity index (χ0n) is 9.60. The second-order valence-electron chi connectivity index (χ2n) is 3.83. The highest BCUT2D eigenvalue weighted by Crippen LogP contribution is 2.23. The summed E-state index contributed by atoms with van der Waals surface area (Å²) in [5.41, 5.74) is 0.174. The molecule has 1 N–H and O–H groups in total. The summed E-state index contributed by atoms with van der Waals surface area (Å²) in [6, 6.07) is 4.84. The minimum Gasteiger partial charge on any atom is -0.491 e. The zero-order valence-corrected chi connectivity index (χ0v) is 11.2. The van der Waals surface area contributed by atoms with E-state index in [0.717, 1.165) is 0 Å². The molecule has 18 heavy (non-hydrogen) atoms. The SMILES string of the molecule is O=C(O)c1cc(OC[C@H]2COCCO2)ccc1Br. The Hall–Kier alpha value is -1.11. The van der Waals surface area contributed by atoms with Crippen molar-refractivity contribution in [2.24, 2.45) is 0 Å². The molecule has 0 bridgehead atoms. The number of rotatable bonds is 4. The first-order chi connectivity index (χ1) is 8.66. The molecule has 1 aliphatic heterocycles. The lowest BCUT2D eigenvalue weighted by molar-refractivity contribution is -0.101. The monoisotopic (exact) mass is 316 g/mol. The van der Waals surface area contributed by atoms with Gasteiger partial charge in [-0.3, -0.25) is 0 Å². The number of hydrogen-bond donors (Lipinski definition) is 1. The first-order valence-electron chi connectivity index (χ1n) is 5.52.